The van der Waals surface area contributed by atoms with Crippen LogP contribution in [0.25, 0.3) is 0 Å². The number of halogens is 2. The van der Waals surface area contributed by atoms with E-state index in [1.54, 1.807) is 6.20 Å². The SMILES string of the molecule is Cc1ccnc(CNC(=O)C(F)Cl)c1. The molecule has 0 radical (unpaired) electrons. The maximum Gasteiger partial charge on any atom is 0.270 e. The molecule has 0 fully saturated rings. The third-order valence-corrected chi connectivity index (χ3v) is 1.81. The molecule has 1 rings (SSSR count). The van der Waals surface area contributed by atoms with E-state index in [9.17, 15) is 9.18 Å². The summed E-state index contributed by atoms with van der Waals surface area (Å²) in [6, 6.07) is 3.65. The lowest BCUT2D eigenvalue weighted by Gasteiger charge is -2.04. The molecule has 1 heterocycles. The smallest absolute Gasteiger partial charge is 0.270 e. The van der Waals surface area contributed by atoms with Gasteiger partial charge in [0.25, 0.3) is 11.5 Å². The molecule has 1 unspecified atom stereocenters. The Kier molecular flexibility index (Phi) is 3.83. The highest BCUT2D eigenvalue weighted by atomic mass is 35.5. The predicted octanol–water partition coefficient (Wildman–Crippen LogP) is 1.54. The zero-order valence-electron chi connectivity index (χ0n) is 7.63. The van der Waals surface area contributed by atoms with Crippen LogP contribution in [0.3, 0.4) is 0 Å². The van der Waals surface area contributed by atoms with Gasteiger partial charge in [0, 0.05) is 6.20 Å². The number of alkyl halides is 2. The molecule has 0 aromatic carbocycles. The zero-order chi connectivity index (χ0) is 10.6. The lowest BCUT2D eigenvalue weighted by Crippen LogP contribution is -2.28. The summed E-state index contributed by atoms with van der Waals surface area (Å²) in [5.74, 6) is -0.838. The van der Waals surface area contributed by atoms with Crippen molar-refractivity contribution in [3.8, 4) is 0 Å². The summed E-state index contributed by atoms with van der Waals surface area (Å²) in [5, 5.41) is 2.32. The van der Waals surface area contributed by atoms with Crippen LogP contribution in [-0.4, -0.2) is 16.5 Å². The van der Waals surface area contributed by atoms with Gasteiger partial charge in [-0.3, -0.25) is 9.78 Å². The zero-order valence-corrected chi connectivity index (χ0v) is 8.38. The Morgan fingerprint density at radius 2 is 2.50 bits per heavy atom. The van der Waals surface area contributed by atoms with E-state index in [-0.39, 0.29) is 6.54 Å². The molecule has 0 saturated carbocycles. The summed E-state index contributed by atoms with van der Waals surface area (Å²) in [4.78, 5) is 14.7. The molecular weight excluding hydrogens is 207 g/mol. The van der Waals surface area contributed by atoms with Gasteiger partial charge in [-0.25, -0.2) is 4.39 Å². The van der Waals surface area contributed by atoms with Gasteiger partial charge in [-0.15, -0.1) is 0 Å². The van der Waals surface area contributed by atoms with E-state index in [4.69, 9.17) is 11.6 Å². The van der Waals surface area contributed by atoms with Crippen molar-refractivity contribution in [2.75, 3.05) is 0 Å². The molecule has 5 heteroatoms. The highest BCUT2D eigenvalue weighted by molar-refractivity contribution is 6.29. The first-order valence-corrected chi connectivity index (χ1v) is 4.50. The lowest BCUT2D eigenvalue weighted by molar-refractivity contribution is -0.123. The molecule has 1 amide bonds. The number of carbonyl (C=O) groups excluding carboxylic acids is 1. The molecule has 0 aliphatic heterocycles. The van der Waals surface area contributed by atoms with Crippen LogP contribution in [0.4, 0.5) is 4.39 Å². The average molecular weight is 217 g/mol. The molecule has 0 spiro atoms. The van der Waals surface area contributed by atoms with Crippen molar-refractivity contribution in [3.05, 3.63) is 29.6 Å². The maximum absolute atomic E-state index is 12.2. The second-order valence-electron chi connectivity index (χ2n) is 2.84. The Hall–Kier alpha value is -1.16. The predicted molar refractivity (Wildman–Crippen MR) is 51.6 cm³/mol. The van der Waals surface area contributed by atoms with E-state index >= 15 is 0 Å². The van der Waals surface area contributed by atoms with Crippen molar-refractivity contribution < 1.29 is 9.18 Å². The van der Waals surface area contributed by atoms with Crippen molar-refractivity contribution in [2.24, 2.45) is 0 Å². The molecule has 1 aromatic rings. The number of nitrogens with one attached hydrogen (secondary N) is 1. The molecule has 14 heavy (non-hydrogen) atoms. The van der Waals surface area contributed by atoms with Gasteiger partial charge < -0.3 is 5.32 Å². The van der Waals surface area contributed by atoms with Gasteiger partial charge >= 0.3 is 0 Å². The first-order chi connectivity index (χ1) is 6.59. The van der Waals surface area contributed by atoms with E-state index in [2.05, 4.69) is 10.3 Å². The molecule has 0 aliphatic carbocycles. The van der Waals surface area contributed by atoms with Crippen LogP contribution in [0, 0.1) is 6.92 Å². The molecule has 0 bridgehead atoms. The Morgan fingerprint density at radius 3 is 3.07 bits per heavy atom. The number of carbonyl (C=O) groups is 1. The van der Waals surface area contributed by atoms with Crippen LogP contribution in [0.1, 0.15) is 11.3 Å². The molecular formula is C9H10ClFN2O. The minimum Gasteiger partial charge on any atom is -0.347 e. The van der Waals surface area contributed by atoms with E-state index < -0.39 is 11.5 Å². The monoisotopic (exact) mass is 216 g/mol. The Bertz CT molecular complexity index is 330. The van der Waals surface area contributed by atoms with Crippen molar-refractivity contribution in [2.45, 2.75) is 19.1 Å². The van der Waals surface area contributed by atoms with E-state index in [1.807, 2.05) is 19.1 Å². The molecule has 0 aliphatic rings. The normalized spacial score (nSPS) is 12.2. The highest BCUT2D eigenvalue weighted by Gasteiger charge is 2.12. The Labute approximate surface area is 86.3 Å². The van der Waals surface area contributed by atoms with Crippen molar-refractivity contribution in [1.29, 1.82) is 0 Å². The van der Waals surface area contributed by atoms with Gasteiger partial charge in [-0.05, 0) is 24.6 Å². The number of amides is 1. The van der Waals surface area contributed by atoms with Gasteiger partial charge in [-0.1, -0.05) is 11.6 Å². The molecule has 1 N–H and O–H groups in total. The van der Waals surface area contributed by atoms with E-state index in [0.717, 1.165) is 5.56 Å². The third kappa shape index (κ3) is 3.30. The number of hydrogen-bond donors (Lipinski definition) is 1. The molecule has 1 aromatic heterocycles. The number of hydrogen-bond acceptors (Lipinski definition) is 2. The molecule has 76 valence electrons. The fraction of sp³-hybridized carbons (Fsp3) is 0.333. The first kappa shape index (κ1) is 10.9. The summed E-state index contributed by atoms with van der Waals surface area (Å²) < 4.78 is 12.2. The van der Waals surface area contributed by atoms with E-state index in [0.29, 0.717) is 5.69 Å². The largest absolute Gasteiger partial charge is 0.347 e. The van der Waals surface area contributed by atoms with E-state index in [1.165, 1.54) is 0 Å². The van der Waals surface area contributed by atoms with Crippen LogP contribution in [0.15, 0.2) is 18.3 Å². The van der Waals surface area contributed by atoms with Gasteiger partial charge in [-0.2, -0.15) is 0 Å². The molecule has 3 nitrogen and oxygen atoms in total. The number of nitrogens with zero attached hydrogens (tertiary/aromatic N) is 1. The van der Waals surface area contributed by atoms with Crippen LogP contribution in [-0.2, 0) is 11.3 Å². The van der Waals surface area contributed by atoms with Crippen LogP contribution < -0.4 is 5.32 Å². The van der Waals surface area contributed by atoms with Gasteiger partial charge in [0.2, 0.25) is 0 Å². The van der Waals surface area contributed by atoms with Gasteiger partial charge in [0.15, 0.2) is 0 Å². The number of aromatic nitrogens is 1. The van der Waals surface area contributed by atoms with Crippen molar-refractivity contribution >= 4 is 17.5 Å². The molecule has 1 atom stereocenters. The van der Waals surface area contributed by atoms with Gasteiger partial charge in [0.1, 0.15) is 0 Å². The number of rotatable bonds is 3. The van der Waals surface area contributed by atoms with Crippen LogP contribution >= 0.6 is 11.6 Å². The number of pyridine rings is 1. The summed E-state index contributed by atoms with van der Waals surface area (Å²) in [6.45, 7) is 2.10. The highest BCUT2D eigenvalue weighted by Crippen LogP contribution is 2.01. The summed E-state index contributed by atoms with van der Waals surface area (Å²) in [5.41, 5.74) is -0.289. The van der Waals surface area contributed by atoms with Crippen molar-refractivity contribution in [1.82, 2.24) is 10.3 Å². The molecule has 0 saturated heterocycles. The standard InChI is InChI=1S/C9H10ClFN2O/c1-6-2-3-12-7(4-6)5-13-9(14)8(10)11/h2-4,8H,5H2,1H3,(H,13,14). The topological polar surface area (TPSA) is 42.0 Å². The van der Waals surface area contributed by atoms with Crippen LogP contribution in [0.5, 0.6) is 0 Å². The maximum atomic E-state index is 12.2. The minimum atomic E-state index is -2.00. The summed E-state index contributed by atoms with van der Waals surface area (Å²) in [7, 11) is 0. The quantitative estimate of drug-likeness (QED) is 0.779. The average Bonchev–Trinajstić information content (AvgIpc) is 2.14. The van der Waals surface area contributed by atoms with Gasteiger partial charge in [0.05, 0.1) is 12.2 Å². The van der Waals surface area contributed by atoms with Crippen LogP contribution in [0.2, 0.25) is 0 Å². The Morgan fingerprint density at radius 1 is 1.79 bits per heavy atom. The minimum absolute atomic E-state index is 0.188. The number of aryl methyl sites for hydroxylation is 1. The fourth-order valence-corrected chi connectivity index (χ4v) is 1.03. The Balaban J connectivity index is 2.50. The first-order valence-electron chi connectivity index (χ1n) is 4.07. The third-order valence-electron chi connectivity index (χ3n) is 1.61. The summed E-state index contributed by atoms with van der Waals surface area (Å²) in [6.07, 6.45) is 1.63. The fourth-order valence-electron chi connectivity index (χ4n) is 0.950. The second-order valence-corrected chi connectivity index (χ2v) is 3.23. The second kappa shape index (κ2) is 4.91. The summed E-state index contributed by atoms with van der Waals surface area (Å²) >= 11 is 4.93. The lowest BCUT2D eigenvalue weighted by atomic mass is 10.2. The van der Waals surface area contributed by atoms with Crippen molar-refractivity contribution in [3.63, 3.8) is 0 Å².